The van der Waals surface area contributed by atoms with E-state index in [1.165, 1.54) is 0 Å². The molecule has 0 saturated carbocycles. The Morgan fingerprint density at radius 3 is 2.85 bits per heavy atom. The summed E-state index contributed by atoms with van der Waals surface area (Å²) in [5.74, 6) is 0.932. The van der Waals surface area contributed by atoms with E-state index < -0.39 is 0 Å². The summed E-state index contributed by atoms with van der Waals surface area (Å²) in [5.41, 5.74) is 5.61. The summed E-state index contributed by atoms with van der Waals surface area (Å²) in [7, 11) is 0. The van der Waals surface area contributed by atoms with Crippen LogP contribution in [0.5, 0.6) is 0 Å². The van der Waals surface area contributed by atoms with Crippen LogP contribution < -0.4 is 5.73 Å². The second-order valence-corrected chi connectivity index (χ2v) is 3.74. The van der Waals surface area contributed by atoms with Gasteiger partial charge < -0.3 is 15.3 Å². The molecule has 0 spiro atoms. The normalized spacial score (nSPS) is 15.6. The van der Waals surface area contributed by atoms with Gasteiger partial charge in [-0.2, -0.15) is 0 Å². The first-order valence-corrected chi connectivity index (χ1v) is 4.53. The van der Waals surface area contributed by atoms with Gasteiger partial charge in [0.05, 0.1) is 6.26 Å². The van der Waals surface area contributed by atoms with Crippen LogP contribution >= 0.6 is 0 Å². The van der Waals surface area contributed by atoms with Crippen LogP contribution in [0.3, 0.4) is 0 Å². The molecule has 1 unspecified atom stereocenters. The molecule has 1 rings (SSSR count). The summed E-state index contributed by atoms with van der Waals surface area (Å²) in [6.45, 7) is 2.80. The third-order valence-corrected chi connectivity index (χ3v) is 2.39. The summed E-state index contributed by atoms with van der Waals surface area (Å²) in [5, 5.41) is 8.88. The Kier molecular flexibility index (Phi) is 3.51. The number of furan rings is 1. The highest BCUT2D eigenvalue weighted by molar-refractivity contribution is 5.01. The standard InChI is InChI=1S/C10H17NO2/c1-10(8-11,4-5-12)7-9-3-2-6-13-9/h2-3,6,12H,4-5,7-8,11H2,1H3. The van der Waals surface area contributed by atoms with Gasteiger partial charge in [0.1, 0.15) is 5.76 Å². The first kappa shape index (κ1) is 10.3. The molecular formula is C10H17NO2. The van der Waals surface area contributed by atoms with Crippen molar-refractivity contribution in [3.8, 4) is 0 Å². The molecule has 0 radical (unpaired) electrons. The molecule has 1 atom stereocenters. The lowest BCUT2D eigenvalue weighted by Gasteiger charge is -2.25. The van der Waals surface area contributed by atoms with Gasteiger partial charge in [-0.1, -0.05) is 6.92 Å². The fourth-order valence-electron chi connectivity index (χ4n) is 1.37. The van der Waals surface area contributed by atoms with E-state index in [0.29, 0.717) is 13.0 Å². The SMILES string of the molecule is CC(CN)(CCO)Cc1ccco1. The zero-order valence-electron chi connectivity index (χ0n) is 7.99. The van der Waals surface area contributed by atoms with Gasteiger partial charge in [0.15, 0.2) is 0 Å². The summed E-state index contributed by atoms with van der Waals surface area (Å²) < 4.78 is 5.24. The third-order valence-electron chi connectivity index (χ3n) is 2.39. The van der Waals surface area contributed by atoms with Gasteiger partial charge in [-0.3, -0.25) is 0 Å². The lowest BCUT2D eigenvalue weighted by atomic mass is 9.83. The van der Waals surface area contributed by atoms with Crippen LogP contribution in [0.4, 0.5) is 0 Å². The molecule has 3 N–H and O–H groups in total. The predicted octanol–water partition coefficient (Wildman–Crippen LogP) is 1.17. The van der Waals surface area contributed by atoms with E-state index in [0.717, 1.165) is 12.2 Å². The number of aliphatic hydroxyl groups excluding tert-OH is 1. The van der Waals surface area contributed by atoms with Gasteiger partial charge in [-0.05, 0) is 30.5 Å². The molecular weight excluding hydrogens is 166 g/mol. The average Bonchev–Trinajstić information content (AvgIpc) is 2.57. The smallest absolute Gasteiger partial charge is 0.104 e. The van der Waals surface area contributed by atoms with Crippen molar-refractivity contribution in [3.05, 3.63) is 24.2 Å². The maximum absolute atomic E-state index is 8.88. The Morgan fingerprint density at radius 1 is 1.62 bits per heavy atom. The molecule has 1 aromatic rings. The van der Waals surface area contributed by atoms with E-state index in [1.54, 1.807) is 6.26 Å². The van der Waals surface area contributed by atoms with Crippen LogP contribution in [0.2, 0.25) is 0 Å². The highest BCUT2D eigenvalue weighted by Crippen LogP contribution is 2.25. The van der Waals surface area contributed by atoms with Crippen molar-refractivity contribution in [2.24, 2.45) is 11.1 Å². The Bertz CT molecular complexity index is 233. The molecule has 0 fully saturated rings. The molecule has 0 aliphatic heterocycles. The minimum absolute atomic E-state index is 0.0490. The van der Waals surface area contributed by atoms with E-state index in [-0.39, 0.29) is 12.0 Å². The molecule has 0 aliphatic rings. The minimum Gasteiger partial charge on any atom is -0.469 e. The number of hydrogen-bond acceptors (Lipinski definition) is 3. The monoisotopic (exact) mass is 183 g/mol. The molecule has 0 aliphatic carbocycles. The van der Waals surface area contributed by atoms with Crippen molar-refractivity contribution >= 4 is 0 Å². The van der Waals surface area contributed by atoms with Crippen LogP contribution in [0.15, 0.2) is 22.8 Å². The molecule has 3 nitrogen and oxygen atoms in total. The van der Waals surface area contributed by atoms with Crippen LogP contribution in [0.1, 0.15) is 19.1 Å². The van der Waals surface area contributed by atoms with Gasteiger partial charge in [0, 0.05) is 13.0 Å². The van der Waals surface area contributed by atoms with Gasteiger partial charge in [0.2, 0.25) is 0 Å². The van der Waals surface area contributed by atoms with Crippen LogP contribution in [-0.4, -0.2) is 18.3 Å². The highest BCUT2D eigenvalue weighted by Gasteiger charge is 2.23. The Hall–Kier alpha value is -0.800. The van der Waals surface area contributed by atoms with Crippen LogP contribution in [0, 0.1) is 5.41 Å². The van der Waals surface area contributed by atoms with E-state index in [1.807, 2.05) is 12.1 Å². The van der Waals surface area contributed by atoms with E-state index in [2.05, 4.69) is 6.92 Å². The van der Waals surface area contributed by atoms with Crippen molar-refractivity contribution in [1.82, 2.24) is 0 Å². The van der Waals surface area contributed by atoms with E-state index in [4.69, 9.17) is 15.3 Å². The second kappa shape index (κ2) is 4.44. The third kappa shape index (κ3) is 2.86. The quantitative estimate of drug-likeness (QED) is 0.720. The maximum atomic E-state index is 8.88. The summed E-state index contributed by atoms with van der Waals surface area (Å²) in [4.78, 5) is 0. The van der Waals surface area contributed by atoms with Crippen LogP contribution in [-0.2, 0) is 6.42 Å². The largest absolute Gasteiger partial charge is 0.469 e. The summed E-state index contributed by atoms with van der Waals surface area (Å²) in [6.07, 6.45) is 3.16. The molecule has 0 amide bonds. The number of aliphatic hydroxyl groups is 1. The average molecular weight is 183 g/mol. The Morgan fingerprint density at radius 2 is 2.38 bits per heavy atom. The molecule has 1 aromatic heterocycles. The minimum atomic E-state index is -0.0490. The molecule has 0 aromatic carbocycles. The fraction of sp³-hybridized carbons (Fsp3) is 0.600. The lowest BCUT2D eigenvalue weighted by molar-refractivity contribution is 0.194. The Labute approximate surface area is 78.5 Å². The van der Waals surface area contributed by atoms with Crippen molar-refractivity contribution in [2.45, 2.75) is 19.8 Å². The molecule has 74 valence electrons. The van der Waals surface area contributed by atoms with Gasteiger partial charge >= 0.3 is 0 Å². The van der Waals surface area contributed by atoms with Gasteiger partial charge in [0.25, 0.3) is 0 Å². The molecule has 1 heterocycles. The lowest BCUT2D eigenvalue weighted by Crippen LogP contribution is -2.30. The number of nitrogens with two attached hydrogens (primary N) is 1. The molecule has 0 saturated heterocycles. The topological polar surface area (TPSA) is 59.4 Å². The molecule has 0 bridgehead atoms. The Balaban J connectivity index is 2.58. The number of rotatable bonds is 5. The zero-order chi connectivity index (χ0) is 9.73. The fourth-order valence-corrected chi connectivity index (χ4v) is 1.37. The molecule has 3 heteroatoms. The van der Waals surface area contributed by atoms with Crippen molar-refractivity contribution < 1.29 is 9.52 Å². The van der Waals surface area contributed by atoms with E-state index >= 15 is 0 Å². The van der Waals surface area contributed by atoms with Gasteiger partial charge in [-0.15, -0.1) is 0 Å². The van der Waals surface area contributed by atoms with Crippen molar-refractivity contribution in [3.63, 3.8) is 0 Å². The first-order valence-electron chi connectivity index (χ1n) is 4.53. The summed E-state index contributed by atoms with van der Waals surface area (Å²) in [6, 6.07) is 3.80. The predicted molar refractivity (Wildman–Crippen MR) is 51.3 cm³/mol. The maximum Gasteiger partial charge on any atom is 0.104 e. The molecule has 13 heavy (non-hydrogen) atoms. The second-order valence-electron chi connectivity index (χ2n) is 3.74. The van der Waals surface area contributed by atoms with E-state index in [9.17, 15) is 0 Å². The summed E-state index contributed by atoms with van der Waals surface area (Å²) >= 11 is 0. The van der Waals surface area contributed by atoms with Crippen molar-refractivity contribution in [2.75, 3.05) is 13.2 Å². The first-order chi connectivity index (χ1) is 6.20. The highest BCUT2D eigenvalue weighted by atomic mass is 16.3. The van der Waals surface area contributed by atoms with Crippen molar-refractivity contribution in [1.29, 1.82) is 0 Å². The number of hydrogen-bond donors (Lipinski definition) is 2. The van der Waals surface area contributed by atoms with Crippen LogP contribution in [0.25, 0.3) is 0 Å². The zero-order valence-corrected chi connectivity index (χ0v) is 7.99. The van der Waals surface area contributed by atoms with Gasteiger partial charge in [-0.25, -0.2) is 0 Å².